The maximum absolute atomic E-state index is 12.3. The summed E-state index contributed by atoms with van der Waals surface area (Å²) in [5.41, 5.74) is 2.54. The maximum atomic E-state index is 12.3. The Labute approximate surface area is 163 Å². The van der Waals surface area contributed by atoms with E-state index in [9.17, 15) is 23.1 Å². The number of hydrogen-bond donors (Lipinski definition) is 2. The van der Waals surface area contributed by atoms with Crippen molar-refractivity contribution in [1.82, 2.24) is 24.8 Å². The summed E-state index contributed by atoms with van der Waals surface area (Å²) in [6, 6.07) is 0.915. The Kier molecular flexibility index (Phi) is 4.85. The van der Waals surface area contributed by atoms with Gasteiger partial charge in [0.05, 0.1) is 12.5 Å². The number of aliphatic hydroxyl groups is 1. The average molecular weight is 411 g/mol. The fraction of sp³-hybridized carbons (Fsp3) is 0.500. The van der Waals surface area contributed by atoms with Crippen molar-refractivity contribution in [2.45, 2.75) is 38.1 Å². The van der Waals surface area contributed by atoms with Gasteiger partial charge in [-0.1, -0.05) is 0 Å². The molecule has 29 heavy (non-hydrogen) atoms. The van der Waals surface area contributed by atoms with E-state index in [2.05, 4.69) is 9.97 Å². The van der Waals surface area contributed by atoms with Gasteiger partial charge in [-0.15, -0.1) is 0 Å². The van der Waals surface area contributed by atoms with Crippen molar-refractivity contribution < 1.29 is 27.5 Å². The first kappa shape index (κ1) is 19.5. The number of likely N-dealkylation sites (tertiary alicyclic amines) is 1. The van der Waals surface area contributed by atoms with Gasteiger partial charge in [0.15, 0.2) is 5.58 Å². The average Bonchev–Trinajstić information content (AvgIpc) is 3.29. The van der Waals surface area contributed by atoms with Crippen molar-refractivity contribution in [3.05, 3.63) is 24.4 Å². The van der Waals surface area contributed by atoms with E-state index < -0.39 is 24.9 Å². The lowest BCUT2D eigenvalue weighted by molar-refractivity contribution is -0.123. The second-order valence-electron chi connectivity index (χ2n) is 7.14. The summed E-state index contributed by atoms with van der Waals surface area (Å²) in [4.78, 5) is 22.2. The van der Waals surface area contributed by atoms with E-state index in [0.717, 1.165) is 5.52 Å². The Hall–Kier alpha value is -2.82. The smallest absolute Gasteiger partial charge is 0.405 e. The number of aromatic nitrogens is 3. The third-order valence-electron chi connectivity index (χ3n) is 5.08. The van der Waals surface area contributed by atoms with Crippen LogP contribution in [0.3, 0.4) is 0 Å². The van der Waals surface area contributed by atoms with E-state index in [0.29, 0.717) is 48.4 Å². The number of carbonyl (C=O) groups is 1. The minimum atomic E-state index is -4.45. The molecule has 0 saturated carbocycles. The SMILES string of the molecule is CC(O)c1nc2cnc3ccoc3c2n1C1CCN(C(=O)NCC(F)(F)F)CC1. The quantitative estimate of drug-likeness (QED) is 0.690. The molecule has 1 aliphatic heterocycles. The minimum absolute atomic E-state index is 0.0908. The van der Waals surface area contributed by atoms with Crippen LogP contribution in [0.4, 0.5) is 18.0 Å². The maximum Gasteiger partial charge on any atom is 0.405 e. The fourth-order valence-electron chi connectivity index (χ4n) is 3.78. The number of halogens is 3. The molecule has 1 fully saturated rings. The molecule has 3 aromatic heterocycles. The molecule has 2 amide bonds. The summed E-state index contributed by atoms with van der Waals surface area (Å²) in [6.45, 7) is 0.844. The van der Waals surface area contributed by atoms with Crippen molar-refractivity contribution in [2.75, 3.05) is 19.6 Å². The van der Waals surface area contributed by atoms with Gasteiger partial charge in [-0.05, 0) is 19.8 Å². The Bertz CT molecular complexity index is 1030. The Morgan fingerprint density at radius 2 is 2.10 bits per heavy atom. The molecule has 0 spiro atoms. The number of fused-ring (bicyclic) bond motifs is 3. The molecule has 8 nitrogen and oxygen atoms in total. The molecule has 0 radical (unpaired) electrons. The van der Waals surface area contributed by atoms with Crippen LogP contribution in [-0.4, -0.2) is 56.4 Å². The van der Waals surface area contributed by atoms with Crippen molar-refractivity contribution in [1.29, 1.82) is 0 Å². The van der Waals surface area contributed by atoms with E-state index in [1.54, 1.807) is 19.2 Å². The van der Waals surface area contributed by atoms with E-state index in [4.69, 9.17) is 4.42 Å². The normalized spacial score (nSPS) is 17.2. The molecule has 0 aromatic carbocycles. The first-order valence-electron chi connectivity index (χ1n) is 9.26. The summed E-state index contributed by atoms with van der Waals surface area (Å²) in [5, 5.41) is 12.1. The molecule has 1 saturated heterocycles. The zero-order valence-corrected chi connectivity index (χ0v) is 15.6. The molecule has 1 atom stereocenters. The number of carbonyl (C=O) groups excluding carboxylic acids is 1. The van der Waals surface area contributed by atoms with Crippen LogP contribution >= 0.6 is 0 Å². The van der Waals surface area contributed by atoms with Gasteiger partial charge in [-0.25, -0.2) is 9.78 Å². The lowest BCUT2D eigenvalue weighted by atomic mass is 10.0. The van der Waals surface area contributed by atoms with E-state index in [-0.39, 0.29) is 6.04 Å². The number of nitrogens with zero attached hydrogens (tertiary/aromatic N) is 4. The molecule has 2 N–H and O–H groups in total. The van der Waals surface area contributed by atoms with Crippen LogP contribution in [0.1, 0.15) is 37.7 Å². The zero-order chi connectivity index (χ0) is 20.8. The molecule has 4 rings (SSSR count). The van der Waals surface area contributed by atoms with Gasteiger partial charge in [0.25, 0.3) is 0 Å². The number of aliphatic hydroxyl groups excluding tert-OH is 1. The highest BCUT2D eigenvalue weighted by Crippen LogP contribution is 2.34. The van der Waals surface area contributed by atoms with Crippen LogP contribution < -0.4 is 5.32 Å². The number of rotatable bonds is 3. The lowest BCUT2D eigenvalue weighted by Crippen LogP contribution is -2.47. The highest BCUT2D eigenvalue weighted by atomic mass is 19.4. The molecule has 0 aliphatic carbocycles. The van der Waals surface area contributed by atoms with Gasteiger partial charge < -0.3 is 24.3 Å². The number of furan rings is 1. The predicted octanol–water partition coefficient (Wildman–Crippen LogP) is 3.14. The first-order valence-corrected chi connectivity index (χ1v) is 9.26. The molecule has 156 valence electrons. The molecular weight excluding hydrogens is 391 g/mol. The third-order valence-corrected chi connectivity index (χ3v) is 5.08. The van der Waals surface area contributed by atoms with Crippen molar-refractivity contribution in [3.63, 3.8) is 0 Å². The van der Waals surface area contributed by atoms with E-state index in [1.165, 1.54) is 11.2 Å². The van der Waals surface area contributed by atoms with Crippen LogP contribution in [-0.2, 0) is 0 Å². The van der Waals surface area contributed by atoms with Gasteiger partial charge in [-0.2, -0.15) is 13.2 Å². The monoisotopic (exact) mass is 411 g/mol. The molecular formula is C18H20F3N5O3. The lowest BCUT2D eigenvalue weighted by Gasteiger charge is -2.34. The number of urea groups is 1. The van der Waals surface area contributed by atoms with Gasteiger partial charge in [-0.3, -0.25) is 4.98 Å². The van der Waals surface area contributed by atoms with Crippen molar-refractivity contribution >= 4 is 28.2 Å². The minimum Gasteiger partial charge on any atom is -0.460 e. The zero-order valence-electron chi connectivity index (χ0n) is 15.6. The van der Waals surface area contributed by atoms with Gasteiger partial charge in [0.2, 0.25) is 0 Å². The predicted molar refractivity (Wildman–Crippen MR) is 97.2 cm³/mol. The second kappa shape index (κ2) is 7.21. The Morgan fingerprint density at radius 1 is 1.38 bits per heavy atom. The third kappa shape index (κ3) is 3.74. The molecule has 1 unspecified atom stereocenters. The van der Waals surface area contributed by atoms with Crippen LogP contribution in [0.2, 0.25) is 0 Å². The number of amides is 2. The van der Waals surface area contributed by atoms with Crippen LogP contribution in [0.25, 0.3) is 22.1 Å². The number of imidazole rings is 1. The standard InChI is InChI=1S/C18H20F3N5O3/c1-10(27)16-24-13-8-22-12-4-7-29-15(12)14(13)26(16)11-2-5-25(6-3-11)17(28)23-9-18(19,20)21/h4,7-8,10-11,27H,2-3,5-6,9H2,1H3,(H,23,28). The molecule has 3 aromatic rings. The Morgan fingerprint density at radius 3 is 2.76 bits per heavy atom. The van der Waals surface area contributed by atoms with Gasteiger partial charge in [0, 0.05) is 25.2 Å². The first-order chi connectivity index (χ1) is 13.7. The number of hydrogen-bond acceptors (Lipinski definition) is 5. The van der Waals surface area contributed by atoms with Gasteiger partial charge >= 0.3 is 12.2 Å². The number of alkyl halides is 3. The largest absolute Gasteiger partial charge is 0.460 e. The van der Waals surface area contributed by atoms with Gasteiger partial charge in [0.1, 0.15) is 35.0 Å². The van der Waals surface area contributed by atoms with Crippen LogP contribution in [0, 0.1) is 0 Å². The molecule has 11 heteroatoms. The number of piperidine rings is 1. The molecule has 0 bridgehead atoms. The summed E-state index contributed by atoms with van der Waals surface area (Å²) < 4.78 is 44.5. The van der Waals surface area contributed by atoms with Crippen LogP contribution in [0.5, 0.6) is 0 Å². The highest BCUT2D eigenvalue weighted by molar-refractivity contribution is 5.98. The summed E-state index contributed by atoms with van der Waals surface area (Å²) in [5.74, 6) is 0.464. The van der Waals surface area contributed by atoms with E-state index in [1.807, 2.05) is 9.88 Å². The van der Waals surface area contributed by atoms with Crippen molar-refractivity contribution in [2.24, 2.45) is 0 Å². The summed E-state index contributed by atoms with van der Waals surface area (Å²) in [6.07, 6.45) is -1.11. The van der Waals surface area contributed by atoms with Crippen molar-refractivity contribution in [3.8, 4) is 0 Å². The van der Waals surface area contributed by atoms with Crippen LogP contribution in [0.15, 0.2) is 22.9 Å². The molecule has 1 aliphatic rings. The summed E-state index contributed by atoms with van der Waals surface area (Å²) >= 11 is 0. The summed E-state index contributed by atoms with van der Waals surface area (Å²) in [7, 11) is 0. The topological polar surface area (TPSA) is 96.4 Å². The Balaban J connectivity index is 1.59. The number of nitrogens with one attached hydrogen (secondary N) is 1. The highest BCUT2D eigenvalue weighted by Gasteiger charge is 2.32. The number of pyridine rings is 1. The van der Waals surface area contributed by atoms with E-state index >= 15 is 0 Å². The molecule has 4 heterocycles. The fourth-order valence-corrected chi connectivity index (χ4v) is 3.78. The second-order valence-corrected chi connectivity index (χ2v) is 7.14.